The van der Waals surface area contributed by atoms with Crippen molar-refractivity contribution in [1.82, 2.24) is 10.2 Å². The Morgan fingerprint density at radius 3 is 2.78 bits per heavy atom. The van der Waals surface area contributed by atoms with Gasteiger partial charge in [0.1, 0.15) is 0 Å². The van der Waals surface area contributed by atoms with Crippen LogP contribution in [0.1, 0.15) is 10.4 Å². The third-order valence-electron chi connectivity index (χ3n) is 3.08. The Bertz CT molecular complexity index is 851. The number of aromatic nitrogens is 2. The van der Waals surface area contributed by atoms with E-state index >= 15 is 0 Å². The van der Waals surface area contributed by atoms with Crippen LogP contribution in [0.15, 0.2) is 57.8 Å². The van der Waals surface area contributed by atoms with Gasteiger partial charge in [-0.05, 0) is 36.6 Å². The zero-order valence-corrected chi connectivity index (χ0v) is 13.7. The Balaban J connectivity index is 1.79. The second kappa shape index (κ2) is 6.85. The van der Waals surface area contributed by atoms with Crippen molar-refractivity contribution >= 4 is 35.3 Å². The van der Waals surface area contributed by atoms with Crippen molar-refractivity contribution in [2.75, 3.05) is 11.6 Å². The maximum Gasteiger partial charge on any atom is 0.322 e. The van der Waals surface area contributed by atoms with Crippen molar-refractivity contribution in [2.45, 2.75) is 4.90 Å². The molecule has 0 radical (unpaired) electrons. The lowest BCUT2D eigenvalue weighted by molar-refractivity contribution is 0.102. The summed E-state index contributed by atoms with van der Waals surface area (Å²) in [7, 11) is 0. The van der Waals surface area contributed by atoms with Gasteiger partial charge in [-0.2, -0.15) is 0 Å². The van der Waals surface area contributed by atoms with E-state index in [-0.39, 0.29) is 17.8 Å². The van der Waals surface area contributed by atoms with Gasteiger partial charge in [0.2, 0.25) is 0 Å². The summed E-state index contributed by atoms with van der Waals surface area (Å²) in [5, 5.41) is 10.8. The van der Waals surface area contributed by atoms with Gasteiger partial charge in [-0.1, -0.05) is 34.9 Å². The molecular weight excluding hydrogens is 334 g/mol. The molecule has 23 heavy (non-hydrogen) atoms. The fraction of sp³-hybridized carbons (Fsp3) is 0.0625. The summed E-state index contributed by atoms with van der Waals surface area (Å²) in [6.45, 7) is 0. The molecule has 0 fully saturated rings. The predicted octanol–water partition coefficient (Wildman–Crippen LogP) is 4.36. The maximum atomic E-state index is 12.2. The van der Waals surface area contributed by atoms with Crippen molar-refractivity contribution in [3.05, 3.63) is 59.1 Å². The number of amides is 1. The summed E-state index contributed by atoms with van der Waals surface area (Å²) in [6, 6.07) is 14.4. The molecule has 0 atom stereocenters. The van der Waals surface area contributed by atoms with E-state index in [1.165, 1.54) is 0 Å². The van der Waals surface area contributed by atoms with E-state index in [2.05, 4.69) is 15.5 Å². The maximum absolute atomic E-state index is 12.2. The average molecular weight is 346 g/mol. The molecule has 0 saturated heterocycles. The molecule has 0 saturated carbocycles. The largest absolute Gasteiger partial charge is 0.403 e. The molecule has 7 heteroatoms. The number of hydrogen-bond donors (Lipinski definition) is 1. The topological polar surface area (TPSA) is 68.0 Å². The van der Waals surface area contributed by atoms with Gasteiger partial charge < -0.3 is 4.42 Å². The van der Waals surface area contributed by atoms with Crippen molar-refractivity contribution < 1.29 is 9.21 Å². The number of thioether (sulfide) groups is 1. The SMILES string of the molecule is CSc1cccc(C(=O)Nc2nnc(-c3ccccc3Cl)o2)c1. The van der Waals surface area contributed by atoms with Crippen molar-refractivity contribution in [3.63, 3.8) is 0 Å². The molecule has 1 amide bonds. The molecule has 116 valence electrons. The Morgan fingerprint density at radius 1 is 1.17 bits per heavy atom. The normalized spacial score (nSPS) is 10.5. The lowest BCUT2D eigenvalue weighted by Gasteiger charge is -2.02. The first-order valence-corrected chi connectivity index (χ1v) is 8.31. The van der Waals surface area contributed by atoms with Crippen LogP contribution < -0.4 is 5.32 Å². The number of carbonyl (C=O) groups is 1. The summed E-state index contributed by atoms with van der Waals surface area (Å²) < 4.78 is 5.46. The Morgan fingerprint density at radius 2 is 2.00 bits per heavy atom. The third-order valence-corrected chi connectivity index (χ3v) is 4.14. The molecule has 0 aliphatic carbocycles. The van der Waals surface area contributed by atoms with Gasteiger partial charge >= 0.3 is 6.01 Å². The van der Waals surface area contributed by atoms with Crippen LogP contribution in [-0.4, -0.2) is 22.4 Å². The molecular formula is C16H12ClN3O2S. The monoisotopic (exact) mass is 345 g/mol. The van der Waals surface area contributed by atoms with Gasteiger partial charge in [-0.25, -0.2) is 0 Å². The number of nitrogens with one attached hydrogen (secondary N) is 1. The van der Waals surface area contributed by atoms with Crippen LogP contribution in [0.5, 0.6) is 0 Å². The average Bonchev–Trinajstić information content (AvgIpc) is 3.03. The summed E-state index contributed by atoms with van der Waals surface area (Å²) in [5.74, 6) is -0.0565. The van der Waals surface area contributed by atoms with E-state index in [0.29, 0.717) is 16.1 Å². The second-order valence-electron chi connectivity index (χ2n) is 4.58. The molecule has 1 heterocycles. The van der Waals surface area contributed by atoms with Gasteiger partial charge in [0.15, 0.2) is 0 Å². The zero-order valence-electron chi connectivity index (χ0n) is 12.1. The standard InChI is InChI=1S/C16H12ClN3O2S/c1-23-11-6-4-5-10(9-11)14(21)18-16-20-19-15(22-16)12-7-2-3-8-13(12)17/h2-9H,1H3,(H,18,20,21). The highest BCUT2D eigenvalue weighted by atomic mass is 35.5. The van der Waals surface area contributed by atoms with Crippen LogP contribution in [0.2, 0.25) is 5.02 Å². The van der Waals surface area contributed by atoms with E-state index in [0.717, 1.165) is 4.90 Å². The molecule has 3 aromatic rings. The van der Waals surface area contributed by atoms with Gasteiger partial charge in [-0.3, -0.25) is 10.1 Å². The smallest absolute Gasteiger partial charge is 0.322 e. The highest BCUT2D eigenvalue weighted by Crippen LogP contribution is 2.27. The predicted molar refractivity (Wildman–Crippen MR) is 90.9 cm³/mol. The van der Waals surface area contributed by atoms with Crippen molar-refractivity contribution in [3.8, 4) is 11.5 Å². The summed E-state index contributed by atoms with van der Waals surface area (Å²) in [4.78, 5) is 13.2. The molecule has 0 spiro atoms. The number of rotatable bonds is 4. The summed E-state index contributed by atoms with van der Waals surface area (Å²) >= 11 is 7.65. The highest BCUT2D eigenvalue weighted by molar-refractivity contribution is 7.98. The minimum absolute atomic E-state index is 0.0273. The zero-order chi connectivity index (χ0) is 16.2. The summed E-state index contributed by atoms with van der Waals surface area (Å²) in [6.07, 6.45) is 1.95. The van der Waals surface area contributed by atoms with Crippen LogP contribution in [0.25, 0.3) is 11.5 Å². The first kappa shape index (κ1) is 15.6. The van der Waals surface area contributed by atoms with E-state index in [9.17, 15) is 4.79 Å². The molecule has 1 aromatic heterocycles. The Hall–Kier alpha value is -2.31. The number of benzene rings is 2. The fourth-order valence-electron chi connectivity index (χ4n) is 1.95. The Kier molecular flexibility index (Phi) is 4.64. The van der Waals surface area contributed by atoms with E-state index < -0.39 is 0 Å². The van der Waals surface area contributed by atoms with Gasteiger partial charge in [-0.15, -0.1) is 16.9 Å². The van der Waals surface area contributed by atoms with Crippen LogP contribution >= 0.6 is 23.4 Å². The fourth-order valence-corrected chi connectivity index (χ4v) is 2.63. The van der Waals surface area contributed by atoms with Gasteiger partial charge in [0, 0.05) is 10.5 Å². The van der Waals surface area contributed by atoms with Crippen LogP contribution in [0.3, 0.4) is 0 Å². The minimum Gasteiger partial charge on any atom is -0.403 e. The van der Waals surface area contributed by atoms with Crippen molar-refractivity contribution in [1.29, 1.82) is 0 Å². The van der Waals surface area contributed by atoms with Gasteiger partial charge in [0.25, 0.3) is 11.8 Å². The molecule has 0 bridgehead atoms. The molecule has 3 rings (SSSR count). The van der Waals surface area contributed by atoms with E-state index in [1.54, 1.807) is 36.0 Å². The molecule has 5 nitrogen and oxygen atoms in total. The Labute approximate surface area is 142 Å². The number of anilines is 1. The first-order chi connectivity index (χ1) is 11.2. The lowest BCUT2D eigenvalue weighted by atomic mass is 10.2. The van der Waals surface area contributed by atoms with Gasteiger partial charge in [0.05, 0.1) is 10.6 Å². The van der Waals surface area contributed by atoms with Crippen LogP contribution in [0.4, 0.5) is 6.01 Å². The number of carbonyl (C=O) groups excluding carboxylic acids is 1. The minimum atomic E-state index is -0.310. The quantitative estimate of drug-likeness (QED) is 0.711. The molecule has 1 N–H and O–H groups in total. The number of nitrogens with zero attached hydrogens (tertiary/aromatic N) is 2. The summed E-state index contributed by atoms with van der Waals surface area (Å²) in [5.41, 5.74) is 1.14. The first-order valence-electron chi connectivity index (χ1n) is 6.71. The lowest BCUT2D eigenvalue weighted by Crippen LogP contribution is -2.12. The van der Waals surface area contributed by atoms with Crippen LogP contribution in [-0.2, 0) is 0 Å². The van der Waals surface area contributed by atoms with Crippen LogP contribution in [0, 0.1) is 0 Å². The molecule has 2 aromatic carbocycles. The van der Waals surface area contributed by atoms with E-state index in [1.807, 2.05) is 30.5 Å². The van der Waals surface area contributed by atoms with E-state index in [4.69, 9.17) is 16.0 Å². The molecule has 0 aliphatic rings. The number of halogens is 1. The second-order valence-corrected chi connectivity index (χ2v) is 5.87. The van der Waals surface area contributed by atoms with Crippen molar-refractivity contribution in [2.24, 2.45) is 0 Å². The molecule has 0 aliphatic heterocycles. The highest BCUT2D eigenvalue weighted by Gasteiger charge is 2.14. The third kappa shape index (κ3) is 3.55. The number of hydrogen-bond acceptors (Lipinski definition) is 5. The molecule has 0 unspecified atom stereocenters.